The van der Waals surface area contributed by atoms with Gasteiger partial charge in [0.1, 0.15) is 11.6 Å². The van der Waals surface area contributed by atoms with E-state index in [0.29, 0.717) is 24.6 Å². The van der Waals surface area contributed by atoms with Gasteiger partial charge in [0, 0.05) is 25.6 Å². The Labute approximate surface area is 87.8 Å². The van der Waals surface area contributed by atoms with Gasteiger partial charge >= 0.3 is 0 Å². The smallest absolute Gasteiger partial charge is 0.252 e. The number of β-amino-alcohol motifs (C(OH)–C–C–N with tert-alkyl or cyclic N) is 1. The number of aromatic nitrogens is 2. The van der Waals surface area contributed by atoms with Gasteiger partial charge in [-0.2, -0.15) is 0 Å². The van der Waals surface area contributed by atoms with Gasteiger partial charge in [-0.3, -0.25) is 4.79 Å². The van der Waals surface area contributed by atoms with Crippen LogP contribution in [0.3, 0.4) is 0 Å². The summed E-state index contributed by atoms with van der Waals surface area (Å²) in [6.07, 6.45) is 1.16. The molecule has 0 bridgehead atoms. The lowest BCUT2D eigenvalue weighted by Gasteiger charge is -2.16. The van der Waals surface area contributed by atoms with E-state index < -0.39 is 0 Å². The summed E-state index contributed by atoms with van der Waals surface area (Å²) < 4.78 is 0. The first-order valence-electron chi connectivity index (χ1n) is 5.22. The Kier molecular flexibility index (Phi) is 2.73. The van der Waals surface area contributed by atoms with Crippen molar-refractivity contribution in [3.05, 3.63) is 22.2 Å². The summed E-state index contributed by atoms with van der Waals surface area (Å²) in [5.41, 5.74) is -0.127. The Bertz CT molecular complexity index is 402. The molecule has 0 amide bonds. The van der Waals surface area contributed by atoms with Crippen molar-refractivity contribution in [3.8, 4) is 0 Å². The van der Waals surface area contributed by atoms with Crippen LogP contribution in [0.15, 0.2) is 10.9 Å². The molecule has 0 aliphatic carbocycles. The van der Waals surface area contributed by atoms with Crippen LogP contribution in [0.4, 0.5) is 5.82 Å². The Balaban J connectivity index is 2.28. The molecule has 1 aliphatic heterocycles. The lowest BCUT2D eigenvalue weighted by Crippen LogP contribution is -2.25. The van der Waals surface area contributed by atoms with E-state index in [-0.39, 0.29) is 11.7 Å². The van der Waals surface area contributed by atoms with Crippen LogP contribution in [0.25, 0.3) is 0 Å². The van der Waals surface area contributed by atoms with Crippen molar-refractivity contribution in [2.75, 3.05) is 18.0 Å². The summed E-state index contributed by atoms with van der Waals surface area (Å²) in [6, 6.07) is 1.48. The molecule has 1 aromatic heterocycles. The van der Waals surface area contributed by atoms with E-state index in [0.717, 1.165) is 13.0 Å². The molecule has 0 radical (unpaired) electrons. The van der Waals surface area contributed by atoms with Gasteiger partial charge < -0.3 is 15.0 Å². The fourth-order valence-electron chi connectivity index (χ4n) is 1.77. The SMILES string of the molecule is CCc1nc(N2CC[C@@H](O)C2)cc(=O)[nH]1. The number of aromatic amines is 1. The summed E-state index contributed by atoms with van der Waals surface area (Å²) >= 11 is 0. The third-order valence-electron chi connectivity index (χ3n) is 2.60. The minimum absolute atomic E-state index is 0.127. The molecule has 2 heterocycles. The molecule has 1 saturated heterocycles. The molecule has 1 atom stereocenters. The maximum Gasteiger partial charge on any atom is 0.252 e. The number of aliphatic hydroxyl groups excluding tert-OH is 1. The molecule has 15 heavy (non-hydrogen) atoms. The molecule has 0 saturated carbocycles. The van der Waals surface area contributed by atoms with Crippen molar-refractivity contribution in [2.24, 2.45) is 0 Å². The third-order valence-corrected chi connectivity index (χ3v) is 2.60. The minimum Gasteiger partial charge on any atom is -0.391 e. The Morgan fingerprint density at radius 3 is 3.13 bits per heavy atom. The van der Waals surface area contributed by atoms with Crippen molar-refractivity contribution in [1.29, 1.82) is 0 Å². The number of nitrogens with one attached hydrogen (secondary N) is 1. The van der Waals surface area contributed by atoms with E-state index in [1.54, 1.807) is 0 Å². The fourth-order valence-corrected chi connectivity index (χ4v) is 1.77. The van der Waals surface area contributed by atoms with Crippen molar-refractivity contribution in [2.45, 2.75) is 25.9 Å². The average Bonchev–Trinajstić information content (AvgIpc) is 2.64. The predicted octanol–water partition coefficient (Wildman–Crippen LogP) is -0.0967. The molecule has 2 N–H and O–H groups in total. The van der Waals surface area contributed by atoms with Gasteiger partial charge in [-0.05, 0) is 6.42 Å². The van der Waals surface area contributed by atoms with Crippen LogP contribution >= 0.6 is 0 Å². The molecule has 82 valence electrons. The van der Waals surface area contributed by atoms with Gasteiger partial charge in [0.05, 0.1) is 6.10 Å². The third kappa shape index (κ3) is 2.18. The maximum absolute atomic E-state index is 11.3. The Morgan fingerprint density at radius 2 is 2.53 bits per heavy atom. The molecule has 5 heteroatoms. The highest BCUT2D eigenvalue weighted by atomic mass is 16.3. The van der Waals surface area contributed by atoms with Crippen LogP contribution in [0, 0.1) is 0 Å². The van der Waals surface area contributed by atoms with Crippen LogP contribution in [-0.4, -0.2) is 34.3 Å². The van der Waals surface area contributed by atoms with Crippen LogP contribution < -0.4 is 10.5 Å². The molecular weight excluding hydrogens is 194 g/mol. The van der Waals surface area contributed by atoms with Crippen LogP contribution in [-0.2, 0) is 6.42 Å². The molecule has 0 spiro atoms. The first kappa shape index (κ1) is 10.2. The van der Waals surface area contributed by atoms with Crippen LogP contribution in [0.1, 0.15) is 19.2 Å². The second-order valence-corrected chi connectivity index (χ2v) is 3.79. The van der Waals surface area contributed by atoms with E-state index in [2.05, 4.69) is 9.97 Å². The maximum atomic E-state index is 11.3. The first-order chi connectivity index (χ1) is 7.19. The van der Waals surface area contributed by atoms with E-state index in [9.17, 15) is 9.90 Å². The number of hydrogen-bond donors (Lipinski definition) is 2. The van der Waals surface area contributed by atoms with Crippen molar-refractivity contribution >= 4 is 5.82 Å². The van der Waals surface area contributed by atoms with Crippen molar-refractivity contribution < 1.29 is 5.11 Å². The van der Waals surface area contributed by atoms with E-state index in [4.69, 9.17) is 0 Å². The zero-order valence-corrected chi connectivity index (χ0v) is 8.73. The summed E-state index contributed by atoms with van der Waals surface area (Å²) in [5.74, 6) is 1.37. The highest BCUT2D eigenvalue weighted by Gasteiger charge is 2.21. The van der Waals surface area contributed by atoms with E-state index >= 15 is 0 Å². The van der Waals surface area contributed by atoms with Gasteiger partial charge in [-0.25, -0.2) is 4.98 Å². The number of aliphatic hydroxyl groups is 1. The molecule has 1 fully saturated rings. The Hall–Kier alpha value is -1.36. The summed E-state index contributed by atoms with van der Waals surface area (Å²) in [7, 11) is 0. The summed E-state index contributed by atoms with van der Waals surface area (Å²) in [5, 5.41) is 9.40. The zero-order chi connectivity index (χ0) is 10.8. The van der Waals surface area contributed by atoms with Gasteiger partial charge in [-0.15, -0.1) is 0 Å². The summed E-state index contributed by atoms with van der Waals surface area (Å²) in [6.45, 7) is 3.28. The monoisotopic (exact) mass is 209 g/mol. The standard InChI is InChI=1S/C10H15N3O2/c1-2-8-11-9(5-10(15)12-8)13-4-3-7(14)6-13/h5,7,14H,2-4,6H2,1H3,(H,11,12,15)/t7-/m1/s1. The average molecular weight is 209 g/mol. The van der Waals surface area contributed by atoms with Gasteiger partial charge in [0.2, 0.25) is 0 Å². The second kappa shape index (κ2) is 4.02. The lowest BCUT2D eigenvalue weighted by atomic mass is 10.3. The molecule has 0 unspecified atom stereocenters. The van der Waals surface area contributed by atoms with Gasteiger partial charge in [0.25, 0.3) is 5.56 Å². The lowest BCUT2D eigenvalue weighted by molar-refractivity contribution is 0.198. The molecule has 5 nitrogen and oxygen atoms in total. The molecule has 0 aromatic carbocycles. The normalized spacial score (nSPS) is 20.9. The number of aryl methyl sites for hydroxylation is 1. The topological polar surface area (TPSA) is 69.2 Å². The van der Waals surface area contributed by atoms with Gasteiger partial charge in [0.15, 0.2) is 0 Å². The van der Waals surface area contributed by atoms with Crippen LogP contribution in [0.5, 0.6) is 0 Å². The van der Waals surface area contributed by atoms with E-state index in [1.165, 1.54) is 6.07 Å². The minimum atomic E-state index is -0.295. The number of rotatable bonds is 2. The largest absolute Gasteiger partial charge is 0.391 e. The van der Waals surface area contributed by atoms with Crippen LogP contribution in [0.2, 0.25) is 0 Å². The van der Waals surface area contributed by atoms with Crippen molar-refractivity contribution in [1.82, 2.24) is 9.97 Å². The van der Waals surface area contributed by atoms with Gasteiger partial charge in [-0.1, -0.05) is 6.92 Å². The number of hydrogen-bond acceptors (Lipinski definition) is 4. The van der Waals surface area contributed by atoms with E-state index in [1.807, 2.05) is 11.8 Å². The molecular formula is C10H15N3O2. The molecule has 1 aromatic rings. The fraction of sp³-hybridized carbons (Fsp3) is 0.600. The highest BCUT2D eigenvalue weighted by molar-refractivity contribution is 5.39. The summed E-state index contributed by atoms with van der Waals surface area (Å²) in [4.78, 5) is 20.3. The number of nitrogens with zero attached hydrogens (tertiary/aromatic N) is 2. The van der Waals surface area contributed by atoms with Crippen molar-refractivity contribution in [3.63, 3.8) is 0 Å². The highest BCUT2D eigenvalue weighted by Crippen LogP contribution is 2.16. The first-order valence-corrected chi connectivity index (χ1v) is 5.22. The predicted molar refractivity (Wildman–Crippen MR) is 57.1 cm³/mol. The number of H-pyrrole nitrogens is 1. The quantitative estimate of drug-likeness (QED) is 0.714. The second-order valence-electron chi connectivity index (χ2n) is 3.79. The molecule has 1 aliphatic rings. The molecule has 2 rings (SSSR count). The Morgan fingerprint density at radius 1 is 1.73 bits per heavy atom. The zero-order valence-electron chi connectivity index (χ0n) is 8.73. The number of anilines is 1.